The van der Waals surface area contributed by atoms with E-state index in [1.165, 1.54) is 0 Å². The molecular formula is C19H23N5O. The van der Waals surface area contributed by atoms with Gasteiger partial charge in [0.25, 0.3) is 0 Å². The van der Waals surface area contributed by atoms with Crippen molar-refractivity contribution in [3.8, 4) is 28.4 Å². The zero-order valence-corrected chi connectivity index (χ0v) is 15.0. The summed E-state index contributed by atoms with van der Waals surface area (Å²) in [6.07, 6.45) is 1.95. The van der Waals surface area contributed by atoms with Crippen LogP contribution < -0.4 is 5.73 Å². The quantitative estimate of drug-likeness (QED) is 0.761. The number of nitrogens with zero attached hydrogens (tertiary/aromatic N) is 4. The molecule has 6 nitrogen and oxygen atoms in total. The Hall–Kier alpha value is -2.89. The highest BCUT2D eigenvalue weighted by molar-refractivity contribution is 5.73. The second-order valence-corrected chi connectivity index (χ2v) is 6.37. The second-order valence-electron chi connectivity index (χ2n) is 6.37. The van der Waals surface area contributed by atoms with Crippen LogP contribution in [0.2, 0.25) is 0 Å². The van der Waals surface area contributed by atoms with Crippen LogP contribution in [-0.2, 0) is 13.5 Å². The van der Waals surface area contributed by atoms with Crippen LogP contribution in [0.15, 0.2) is 24.3 Å². The Morgan fingerprint density at radius 2 is 1.80 bits per heavy atom. The predicted octanol–water partition coefficient (Wildman–Crippen LogP) is 3.40. The number of anilines is 1. The lowest BCUT2D eigenvalue weighted by atomic mass is 10.0. The molecule has 0 fully saturated rings. The smallest absolute Gasteiger partial charge is 0.221 e. The van der Waals surface area contributed by atoms with Crippen molar-refractivity contribution in [3.63, 3.8) is 0 Å². The van der Waals surface area contributed by atoms with Gasteiger partial charge in [-0.15, -0.1) is 0 Å². The first-order chi connectivity index (χ1) is 11.9. The molecule has 1 aromatic carbocycles. The summed E-state index contributed by atoms with van der Waals surface area (Å²) in [6, 6.07) is 7.70. The van der Waals surface area contributed by atoms with Gasteiger partial charge in [-0.1, -0.05) is 19.4 Å². The Morgan fingerprint density at radius 1 is 1.08 bits per heavy atom. The summed E-state index contributed by atoms with van der Waals surface area (Å²) < 4.78 is 1.80. The van der Waals surface area contributed by atoms with Crippen LogP contribution >= 0.6 is 0 Å². The third-order valence-corrected chi connectivity index (χ3v) is 4.16. The van der Waals surface area contributed by atoms with Crippen LogP contribution in [0.4, 0.5) is 5.95 Å². The molecule has 6 heteroatoms. The molecule has 0 aliphatic rings. The molecular weight excluding hydrogens is 314 g/mol. The lowest BCUT2D eigenvalue weighted by Crippen LogP contribution is -2.02. The molecule has 0 radical (unpaired) electrons. The van der Waals surface area contributed by atoms with Gasteiger partial charge < -0.3 is 10.8 Å². The van der Waals surface area contributed by atoms with Crippen LogP contribution in [0.5, 0.6) is 5.75 Å². The summed E-state index contributed by atoms with van der Waals surface area (Å²) in [5.41, 5.74) is 11.6. The van der Waals surface area contributed by atoms with E-state index in [2.05, 4.69) is 22.0 Å². The Balaban J connectivity index is 2.14. The van der Waals surface area contributed by atoms with Crippen molar-refractivity contribution in [2.45, 2.75) is 33.6 Å². The fourth-order valence-electron chi connectivity index (χ4n) is 3.03. The Bertz CT molecular complexity index is 930. The molecule has 3 aromatic rings. The van der Waals surface area contributed by atoms with Gasteiger partial charge in [-0.2, -0.15) is 5.10 Å². The second kappa shape index (κ2) is 6.55. The van der Waals surface area contributed by atoms with Crippen LogP contribution in [0.25, 0.3) is 22.6 Å². The molecule has 0 unspecified atom stereocenters. The van der Waals surface area contributed by atoms with E-state index in [9.17, 15) is 5.11 Å². The van der Waals surface area contributed by atoms with Crippen LogP contribution in [0.1, 0.15) is 30.2 Å². The van der Waals surface area contributed by atoms with Crippen molar-refractivity contribution in [1.29, 1.82) is 0 Å². The van der Waals surface area contributed by atoms with Crippen LogP contribution in [0, 0.1) is 13.8 Å². The molecule has 3 rings (SSSR count). The van der Waals surface area contributed by atoms with Gasteiger partial charge >= 0.3 is 0 Å². The van der Waals surface area contributed by atoms with E-state index >= 15 is 0 Å². The first-order valence-corrected chi connectivity index (χ1v) is 8.37. The minimum atomic E-state index is 0.171. The number of aromatic hydroxyl groups is 1. The van der Waals surface area contributed by atoms with Crippen molar-refractivity contribution in [2.75, 3.05) is 5.73 Å². The average Bonchev–Trinajstić information content (AvgIpc) is 2.91. The van der Waals surface area contributed by atoms with Crippen molar-refractivity contribution < 1.29 is 5.11 Å². The van der Waals surface area contributed by atoms with E-state index in [-0.39, 0.29) is 11.7 Å². The third kappa shape index (κ3) is 3.33. The Labute approximate surface area is 147 Å². The van der Waals surface area contributed by atoms with Crippen molar-refractivity contribution >= 4 is 5.95 Å². The number of phenolic OH excluding ortho intramolecular Hbond substituents is 1. The molecule has 0 atom stereocenters. The topological polar surface area (TPSA) is 89.9 Å². The van der Waals surface area contributed by atoms with Gasteiger partial charge in [0.1, 0.15) is 5.75 Å². The highest BCUT2D eigenvalue weighted by Crippen LogP contribution is 2.34. The van der Waals surface area contributed by atoms with Gasteiger partial charge in [0.15, 0.2) is 0 Å². The number of benzene rings is 1. The number of aromatic nitrogens is 4. The van der Waals surface area contributed by atoms with Crippen molar-refractivity contribution in [1.82, 2.24) is 19.7 Å². The molecule has 0 spiro atoms. The lowest BCUT2D eigenvalue weighted by molar-refractivity contribution is 0.473. The summed E-state index contributed by atoms with van der Waals surface area (Å²) in [7, 11) is 1.89. The number of phenols is 1. The van der Waals surface area contributed by atoms with Crippen LogP contribution in [0.3, 0.4) is 0 Å². The summed E-state index contributed by atoms with van der Waals surface area (Å²) in [5, 5.41) is 15.0. The number of aryl methyl sites for hydroxylation is 4. The number of hydrogen-bond acceptors (Lipinski definition) is 5. The molecule has 0 saturated heterocycles. The number of hydrogen-bond donors (Lipinski definition) is 2. The largest absolute Gasteiger partial charge is 0.507 e. The molecule has 0 bridgehead atoms. The molecule has 25 heavy (non-hydrogen) atoms. The minimum Gasteiger partial charge on any atom is -0.507 e. The molecule has 2 heterocycles. The van der Waals surface area contributed by atoms with Gasteiger partial charge in [0.2, 0.25) is 5.95 Å². The van der Waals surface area contributed by atoms with Gasteiger partial charge in [0, 0.05) is 12.6 Å². The molecule has 0 aliphatic carbocycles. The summed E-state index contributed by atoms with van der Waals surface area (Å²) in [6.45, 7) is 5.98. The first kappa shape index (κ1) is 17.0. The molecule has 3 N–H and O–H groups in total. The summed E-state index contributed by atoms with van der Waals surface area (Å²) >= 11 is 0. The van der Waals surface area contributed by atoms with Gasteiger partial charge in [-0.3, -0.25) is 4.68 Å². The maximum Gasteiger partial charge on any atom is 0.221 e. The number of rotatable bonds is 4. The minimum absolute atomic E-state index is 0.171. The van der Waals surface area contributed by atoms with E-state index in [0.29, 0.717) is 17.0 Å². The zero-order valence-electron chi connectivity index (χ0n) is 15.0. The van der Waals surface area contributed by atoms with Crippen LogP contribution in [-0.4, -0.2) is 24.9 Å². The standard InChI is InChI=1S/C19H23N5O/c1-5-6-13-9-17(24(4)23-13)16-10-15(21-19(20)22-16)14-8-11(2)7-12(3)18(14)25/h7-10,25H,5-6H2,1-4H3,(H2,20,21,22). The molecule has 0 amide bonds. The third-order valence-electron chi connectivity index (χ3n) is 4.16. The summed E-state index contributed by atoms with van der Waals surface area (Å²) in [5.74, 6) is 0.385. The van der Waals surface area contributed by atoms with E-state index in [0.717, 1.165) is 35.4 Å². The number of nitrogens with two attached hydrogens (primary N) is 1. The first-order valence-electron chi connectivity index (χ1n) is 8.37. The fourth-order valence-corrected chi connectivity index (χ4v) is 3.03. The SMILES string of the molecule is CCCc1cc(-c2cc(-c3cc(C)cc(C)c3O)nc(N)n2)n(C)n1. The zero-order chi connectivity index (χ0) is 18.1. The maximum absolute atomic E-state index is 10.4. The fraction of sp³-hybridized carbons (Fsp3) is 0.316. The van der Waals surface area contributed by atoms with E-state index in [4.69, 9.17) is 5.73 Å². The van der Waals surface area contributed by atoms with Gasteiger partial charge in [-0.05, 0) is 49.6 Å². The van der Waals surface area contributed by atoms with Gasteiger partial charge in [0.05, 0.1) is 22.8 Å². The molecule has 130 valence electrons. The van der Waals surface area contributed by atoms with E-state index in [1.807, 2.05) is 45.2 Å². The molecule has 0 saturated carbocycles. The lowest BCUT2D eigenvalue weighted by Gasteiger charge is -2.10. The monoisotopic (exact) mass is 337 g/mol. The Morgan fingerprint density at radius 3 is 2.52 bits per heavy atom. The average molecular weight is 337 g/mol. The van der Waals surface area contributed by atoms with Crippen molar-refractivity contribution in [3.05, 3.63) is 41.1 Å². The van der Waals surface area contributed by atoms with Gasteiger partial charge in [-0.25, -0.2) is 9.97 Å². The highest BCUT2D eigenvalue weighted by Gasteiger charge is 2.15. The van der Waals surface area contributed by atoms with E-state index < -0.39 is 0 Å². The highest BCUT2D eigenvalue weighted by atomic mass is 16.3. The Kier molecular flexibility index (Phi) is 4.44. The normalized spacial score (nSPS) is 11.0. The molecule has 2 aromatic heterocycles. The molecule has 0 aliphatic heterocycles. The number of nitrogen functional groups attached to an aromatic ring is 1. The predicted molar refractivity (Wildman–Crippen MR) is 99.2 cm³/mol. The van der Waals surface area contributed by atoms with Crippen molar-refractivity contribution in [2.24, 2.45) is 7.05 Å². The summed E-state index contributed by atoms with van der Waals surface area (Å²) in [4.78, 5) is 8.69. The van der Waals surface area contributed by atoms with E-state index in [1.54, 1.807) is 4.68 Å². The maximum atomic E-state index is 10.4.